The van der Waals surface area contributed by atoms with Crippen LogP contribution in [0.4, 0.5) is 9.18 Å². The summed E-state index contributed by atoms with van der Waals surface area (Å²) < 4.78 is 24.2. The second-order valence-corrected chi connectivity index (χ2v) is 7.76. The Morgan fingerprint density at radius 3 is 2.59 bits per heavy atom. The molecular formula is C26H24FN3O4. The molecule has 0 aliphatic carbocycles. The average molecular weight is 461 g/mol. The molecule has 1 unspecified atom stereocenters. The van der Waals surface area contributed by atoms with Crippen molar-refractivity contribution >= 4 is 12.0 Å². The molecule has 2 amide bonds. The van der Waals surface area contributed by atoms with Crippen molar-refractivity contribution in [1.82, 2.24) is 15.6 Å². The van der Waals surface area contributed by atoms with E-state index < -0.39 is 23.9 Å². The molecule has 174 valence electrons. The molecule has 1 atom stereocenters. The fourth-order valence-electron chi connectivity index (χ4n) is 3.77. The number of hydrogen-bond donors (Lipinski definition) is 2. The van der Waals surface area contributed by atoms with Crippen LogP contribution in [0, 0.1) is 5.82 Å². The second-order valence-electron chi connectivity index (χ2n) is 7.76. The van der Waals surface area contributed by atoms with Gasteiger partial charge in [-0.2, -0.15) is 0 Å². The number of amides is 2. The van der Waals surface area contributed by atoms with E-state index >= 15 is 0 Å². The summed E-state index contributed by atoms with van der Waals surface area (Å²) in [5, 5.41) is 5.56. The number of allylic oxidation sites excluding steroid dienone is 1. The van der Waals surface area contributed by atoms with Crippen molar-refractivity contribution in [2.24, 2.45) is 0 Å². The molecule has 1 aromatic heterocycles. The molecule has 0 spiro atoms. The van der Waals surface area contributed by atoms with E-state index in [1.807, 2.05) is 24.3 Å². The molecule has 34 heavy (non-hydrogen) atoms. The number of esters is 1. The van der Waals surface area contributed by atoms with Crippen LogP contribution >= 0.6 is 0 Å². The van der Waals surface area contributed by atoms with Gasteiger partial charge in [0.2, 0.25) is 0 Å². The van der Waals surface area contributed by atoms with Crippen molar-refractivity contribution in [2.75, 3.05) is 7.11 Å². The highest BCUT2D eigenvalue weighted by Crippen LogP contribution is 2.29. The van der Waals surface area contributed by atoms with E-state index in [4.69, 9.17) is 9.47 Å². The summed E-state index contributed by atoms with van der Waals surface area (Å²) in [5.74, 6) is -0.264. The van der Waals surface area contributed by atoms with Gasteiger partial charge in [-0.05, 0) is 59.9 Å². The highest BCUT2D eigenvalue weighted by Gasteiger charge is 2.33. The molecule has 0 saturated carbocycles. The zero-order valence-corrected chi connectivity index (χ0v) is 18.6. The number of pyridine rings is 1. The van der Waals surface area contributed by atoms with E-state index in [1.165, 1.54) is 12.1 Å². The molecule has 7 nitrogen and oxygen atoms in total. The largest absolute Gasteiger partial charge is 0.497 e. The number of aromatic nitrogens is 1. The SMILES string of the molecule is COc1ccc(CCC2=C(C(=O)OCc3cccc(F)c3)C(c3cccnc3)NC(=O)N2)cc1. The Morgan fingerprint density at radius 1 is 1.06 bits per heavy atom. The van der Waals surface area contributed by atoms with Crippen LogP contribution in [-0.4, -0.2) is 24.1 Å². The van der Waals surface area contributed by atoms with Crippen LogP contribution in [0.1, 0.15) is 29.2 Å². The summed E-state index contributed by atoms with van der Waals surface area (Å²) in [6.45, 7) is -0.0977. The Kier molecular flexibility index (Phi) is 7.17. The Morgan fingerprint density at radius 2 is 1.88 bits per heavy atom. The number of rotatable bonds is 8. The zero-order chi connectivity index (χ0) is 23.9. The minimum absolute atomic E-state index is 0.0977. The number of halogens is 1. The third-order valence-electron chi connectivity index (χ3n) is 5.47. The van der Waals surface area contributed by atoms with E-state index in [0.717, 1.165) is 11.3 Å². The fraction of sp³-hybridized carbons (Fsp3) is 0.192. The van der Waals surface area contributed by atoms with E-state index in [0.29, 0.717) is 29.7 Å². The summed E-state index contributed by atoms with van der Waals surface area (Å²) in [7, 11) is 1.60. The van der Waals surface area contributed by atoms with Gasteiger partial charge >= 0.3 is 12.0 Å². The van der Waals surface area contributed by atoms with Crippen LogP contribution in [0.15, 0.2) is 84.3 Å². The van der Waals surface area contributed by atoms with Gasteiger partial charge in [0.15, 0.2) is 0 Å². The summed E-state index contributed by atoms with van der Waals surface area (Å²) in [6.07, 6.45) is 4.20. The standard InChI is InChI=1S/C26H24FN3O4/c1-33-21-10-7-17(8-11-21)9-12-22-23(25(31)34-16-18-4-2-6-20(27)14-18)24(30-26(32)29-22)19-5-3-13-28-15-19/h2-8,10-11,13-15,24H,9,12,16H2,1H3,(H2,29,30,32). The Balaban J connectivity index is 1.61. The molecule has 1 aliphatic rings. The molecule has 4 rings (SSSR count). The molecule has 0 radical (unpaired) electrons. The second kappa shape index (κ2) is 10.6. The van der Waals surface area contributed by atoms with E-state index in [1.54, 1.807) is 43.8 Å². The summed E-state index contributed by atoms with van der Waals surface area (Å²) in [6, 6.07) is 15.8. The minimum Gasteiger partial charge on any atom is -0.497 e. The van der Waals surface area contributed by atoms with Crippen LogP contribution in [0.25, 0.3) is 0 Å². The number of hydrogen-bond acceptors (Lipinski definition) is 5. The van der Waals surface area contributed by atoms with Crippen molar-refractivity contribution < 1.29 is 23.5 Å². The maximum absolute atomic E-state index is 13.5. The third-order valence-corrected chi connectivity index (χ3v) is 5.47. The van der Waals surface area contributed by atoms with E-state index in [-0.39, 0.29) is 12.2 Å². The van der Waals surface area contributed by atoms with Gasteiger partial charge in [-0.25, -0.2) is 14.0 Å². The van der Waals surface area contributed by atoms with Crippen molar-refractivity contribution in [1.29, 1.82) is 0 Å². The van der Waals surface area contributed by atoms with Crippen LogP contribution in [-0.2, 0) is 22.6 Å². The number of benzene rings is 2. The lowest BCUT2D eigenvalue weighted by molar-refractivity contribution is -0.140. The quantitative estimate of drug-likeness (QED) is 0.491. The fourth-order valence-corrected chi connectivity index (χ4v) is 3.77. The lowest BCUT2D eigenvalue weighted by Crippen LogP contribution is -2.46. The highest BCUT2D eigenvalue weighted by molar-refractivity contribution is 5.95. The van der Waals surface area contributed by atoms with Crippen LogP contribution < -0.4 is 15.4 Å². The normalized spacial score (nSPS) is 15.4. The summed E-state index contributed by atoms with van der Waals surface area (Å²) >= 11 is 0. The lowest BCUT2D eigenvalue weighted by atomic mass is 9.94. The zero-order valence-electron chi connectivity index (χ0n) is 18.6. The highest BCUT2D eigenvalue weighted by atomic mass is 19.1. The number of aryl methyl sites for hydroxylation is 1. The van der Waals surface area contributed by atoms with Crippen molar-refractivity contribution in [2.45, 2.75) is 25.5 Å². The minimum atomic E-state index is -0.728. The first-order chi connectivity index (χ1) is 16.5. The lowest BCUT2D eigenvalue weighted by Gasteiger charge is -2.29. The average Bonchev–Trinajstić information content (AvgIpc) is 2.86. The molecule has 3 aromatic rings. The molecule has 8 heteroatoms. The maximum Gasteiger partial charge on any atom is 0.338 e. The number of methoxy groups -OCH3 is 1. The van der Waals surface area contributed by atoms with Gasteiger partial charge in [0.1, 0.15) is 18.2 Å². The van der Waals surface area contributed by atoms with Gasteiger partial charge in [-0.1, -0.05) is 30.3 Å². The molecule has 2 N–H and O–H groups in total. The number of nitrogens with one attached hydrogen (secondary N) is 2. The molecular weight excluding hydrogens is 437 g/mol. The molecule has 2 heterocycles. The number of carbonyl (C=O) groups excluding carboxylic acids is 2. The van der Waals surface area contributed by atoms with Crippen LogP contribution in [0.3, 0.4) is 0 Å². The van der Waals surface area contributed by atoms with Gasteiger partial charge in [0.05, 0.1) is 18.7 Å². The van der Waals surface area contributed by atoms with Crippen LogP contribution in [0.5, 0.6) is 5.75 Å². The first-order valence-electron chi connectivity index (χ1n) is 10.8. The number of urea groups is 1. The number of ether oxygens (including phenoxy) is 2. The van der Waals surface area contributed by atoms with Gasteiger partial charge in [-0.15, -0.1) is 0 Å². The van der Waals surface area contributed by atoms with Crippen molar-refractivity contribution in [3.63, 3.8) is 0 Å². The van der Waals surface area contributed by atoms with Gasteiger partial charge in [0, 0.05) is 18.1 Å². The molecule has 0 fully saturated rings. The maximum atomic E-state index is 13.5. The van der Waals surface area contributed by atoms with Gasteiger partial charge in [-0.3, -0.25) is 4.98 Å². The Bertz CT molecular complexity index is 1200. The van der Waals surface area contributed by atoms with Crippen molar-refractivity contribution in [3.8, 4) is 5.75 Å². The first-order valence-corrected chi connectivity index (χ1v) is 10.8. The van der Waals surface area contributed by atoms with Gasteiger partial charge < -0.3 is 20.1 Å². The number of carbonyl (C=O) groups is 2. The number of nitrogens with zero attached hydrogens (tertiary/aromatic N) is 1. The first kappa shape index (κ1) is 23.0. The predicted molar refractivity (Wildman–Crippen MR) is 123 cm³/mol. The van der Waals surface area contributed by atoms with E-state index in [2.05, 4.69) is 15.6 Å². The molecule has 1 aliphatic heterocycles. The monoisotopic (exact) mass is 461 g/mol. The smallest absolute Gasteiger partial charge is 0.338 e. The van der Waals surface area contributed by atoms with Crippen molar-refractivity contribution in [3.05, 3.63) is 107 Å². The van der Waals surface area contributed by atoms with Crippen LogP contribution in [0.2, 0.25) is 0 Å². The summed E-state index contributed by atoms with van der Waals surface area (Å²) in [5.41, 5.74) is 2.96. The predicted octanol–water partition coefficient (Wildman–Crippen LogP) is 4.21. The molecule has 0 saturated heterocycles. The summed E-state index contributed by atoms with van der Waals surface area (Å²) in [4.78, 5) is 29.8. The Hall–Kier alpha value is -4.20. The molecule has 2 aromatic carbocycles. The van der Waals surface area contributed by atoms with Gasteiger partial charge in [0.25, 0.3) is 0 Å². The molecule has 0 bridgehead atoms. The van der Waals surface area contributed by atoms with E-state index in [9.17, 15) is 14.0 Å². The Labute approximate surface area is 196 Å². The topological polar surface area (TPSA) is 89.6 Å². The third kappa shape index (κ3) is 5.58.